The molecule has 1 aromatic heterocycles. The van der Waals surface area contributed by atoms with Gasteiger partial charge in [-0.25, -0.2) is 9.07 Å². The molecule has 0 bridgehead atoms. The molecule has 6 heteroatoms. The number of likely N-dealkylation sites (tertiary alicyclic amines) is 1. The molecule has 98 valence electrons. The first-order valence-corrected chi connectivity index (χ1v) is 5.92. The predicted molar refractivity (Wildman–Crippen MR) is 65.4 cm³/mol. The molecule has 1 fully saturated rings. The van der Waals surface area contributed by atoms with Gasteiger partial charge in [0.05, 0.1) is 11.8 Å². The summed E-state index contributed by atoms with van der Waals surface area (Å²) in [5.41, 5.74) is 0.846. The van der Waals surface area contributed by atoms with E-state index in [1.54, 1.807) is 24.4 Å². The van der Waals surface area contributed by atoms with Gasteiger partial charge in [-0.15, -0.1) is 0 Å². The lowest BCUT2D eigenvalue weighted by Gasteiger charge is -2.35. The fourth-order valence-corrected chi connectivity index (χ4v) is 1.98. The van der Waals surface area contributed by atoms with E-state index in [1.165, 1.54) is 21.7 Å². The number of hydrogen-bond acceptors (Lipinski definition) is 3. The molecular weight excluding hydrogens is 249 g/mol. The summed E-state index contributed by atoms with van der Waals surface area (Å²) < 4.78 is 14.6. The van der Waals surface area contributed by atoms with Crippen LogP contribution in [0, 0.1) is 5.82 Å². The Kier molecular flexibility index (Phi) is 2.79. The Morgan fingerprint density at radius 1 is 1.37 bits per heavy atom. The maximum Gasteiger partial charge on any atom is 0.274 e. The van der Waals surface area contributed by atoms with E-state index in [0.717, 1.165) is 0 Å². The number of benzene rings is 1. The summed E-state index contributed by atoms with van der Waals surface area (Å²) in [4.78, 5) is 13.5. The largest absolute Gasteiger partial charge is 0.389 e. The van der Waals surface area contributed by atoms with E-state index in [2.05, 4.69) is 5.10 Å². The van der Waals surface area contributed by atoms with Crippen molar-refractivity contribution in [1.29, 1.82) is 0 Å². The Bertz CT molecular complexity index is 620. The van der Waals surface area contributed by atoms with Crippen LogP contribution in [-0.4, -0.2) is 44.9 Å². The lowest BCUT2D eigenvalue weighted by molar-refractivity contribution is 0.00547. The number of carbonyl (C=O) groups excluding carboxylic acids is 1. The van der Waals surface area contributed by atoms with E-state index in [9.17, 15) is 9.18 Å². The van der Waals surface area contributed by atoms with Crippen molar-refractivity contribution in [3.05, 3.63) is 48.0 Å². The van der Waals surface area contributed by atoms with Gasteiger partial charge in [-0.3, -0.25) is 4.79 Å². The van der Waals surface area contributed by atoms with Crippen LogP contribution in [0.3, 0.4) is 0 Å². The van der Waals surface area contributed by atoms with Gasteiger partial charge in [-0.05, 0) is 24.3 Å². The first kappa shape index (κ1) is 11.9. The molecule has 0 radical (unpaired) electrons. The van der Waals surface area contributed by atoms with E-state index in [1.807, 2.05) is 0 Å². The smallest absolute Gasteiger partial charge is 0.274 e. The van der Waals surface area contributed by atoms with Crippen molar-refractivity contribution < 1.29 is 14.3 Å². The molecule has 1 saturated heterocycles. The maximum atomic E-state index is 13.1. The number of amides is 1. The summed E-state index contributed by atoms with van der Waals surface area (Å²) >= 11 is 0. The molecule has 5 nitrogen and oxygen atoms in total. The van der Waals surface area contributed by atoms with Crippen LogP contribution in [0.1, 0.15) is 10.5 Å². The molecule has 0 saturated carbocycles. The van der Waals surface area contributed by atoms with Crippen molar-refractivity contribution in [2.45, 2.75) is 6.10 Å². The SMILES string of the molecule is O=C(c1ccn(-c2cccc(F)c2)n1)N1CC(O)C1. The average Bonchev–Trinajstić information content (AvgIpc) is 2.84. The van der Waals surface area contributed by atoms with Crippen LogP contribution in [0.25, 0.3) is 5.69 Å². The van der Waals surface area contributed by atoms with Crippen LogP contribution < -0.4 is 0 Å². The second kappa shape index (κ2) is 4.47. The van der Waals surface area contributed by atoms with Gasteiger partial charge in [0.25, 0.3) is 5.91 Å². The molecule has 1 aliphatic heterocycles. The van der Waals surface area contributed by atoms with Crippen LogP contribution >= 0.6 is 0 Å². The second-order valence-corrected chi connectivity index (χ2v) is 4.49. The highest BCUT2D eigenvalue weighted by Crippen LogP contribution is 2.14. The number of hydrogen-bond donors (Lipinski definition) is 1. The first-order valence-electron chi connectivity index (χ1n) is 5.92. The molecule has 0 spiro atoms. The topological polar surface area (TPSA) is 58.4 Å². The molecule has 0 atom stereocenters. The van der Waals surface area contributed by atoms with Crippen LogP contribution in [0.15, 0.2) is 36.5 Å². The van der Waals surface area contributed by atoms with Crippen molar-refractivity contribution >= 4 is 5.91 Å². The van der Waals surface area contributed by atoms with Gasteiger partial charge in [-0.2, -0.15) is 5.10 Å². The van der Waals surface area contributed by atoms with Gasteiger partial charge in [0.2, 0.25) is 0 Å². The second-order valence-electron chi connectivity index (χ2n) is 4.49. The number of aliphatic hydroxyl groups excluding tert-OH is 1. The Labute approximate surface area is 108 Å². The summed E-state index contributed by atoms with van der Waals surface area (Å²) in [7, 11) is 0. The van der Waals surface area contributed by atoms with E-state index in [0.29, 0.717) is 18.8 Å². The lowest BCUT2D eigenvalue weighted by atomic mass is 10.1. The molecule has 1 N–H and O–H groups in total. The van der Waals surface area contributed by atoms with Gasteiger partial charge >= 0.3 is 0 Å². The van der Waals surface area contributed by atoms with E-state index >= 15 is 0 Å². The standard InChI is InChI=1S/C13H12FN3O2/c14-9-2-1-3-10(6-9)17-5-4-12(15-17)13(19)16-7-11(18)8-16/h1-6,11,18H,7-8H2. The summed E-state index contributed by atoms with van der Waals surface area (Å²) in [5, 5.41) is 13.3. The Balaban J connectivity index is 1.81. The highest BCUT2D eigenvalue weighted by Gasteiger charge is 2.30. The number of rotatable bonds is 2. The molecule has 3 rings (SSSR count). The predicted octanol–water partition coefficient (Wildman–Crippen LogP) is 0.828. The number of β-amino-alcohol motifs (C(OH)–C–C–N with tert-alkyl or cyclic N) is 1. The van der Waals surface area contributed by atoms with Crippen molar-refractivity contribution in [2.24, 2.45) is 0 Å². The van der Waals surface area contributed by atoms with E-state index in [4.69, 9.17) is 5.11 Å². The zero-order valence-electron chi connectivity index (χ0n) is 10.0. The zero-order chi connectivity index (χ0) is 13.4. The fourth-order valence-electron chi connectivity index (χ4n) is 1.98. The highest BCUT2D eigenvalue weighted by atomic mass is 19.1. The third kappa shape index (κ3) is 2.22. The fraction of sp³-hybridized carbons (Fsp3) is 0.231. The summed E-state index contributed by atoms with van der Waals surface area (Å²) in [6.45, 7) is 0.678. The minimum absolute atomic E-state index is 0.222. The Hall–Kier alpha value is -2.21. The maximum absolute atomic E-state index is 13.1. The number of aliphatic hydroxyl groups is 1. The minimum Gasteiger partial charge on any atom is -0.389 e. The van der Waals surface area contributed by atoms with Crippen molar-refractivity contribution in [3.8, 4) is 5.69 Å². The van der Waals surface area contributed by atoms with Crippen LogP contribution in [-0.2, 0) is 0 Å². The molecule has 0 aliphatic carbocycles. The van der Waals surface area contributed by atoms with Gasteiger partial charge in [0, 0.05) is 19.3 Å². The van der Waals surface area contributed by atoms with Crippen molar-refractivity contribution in [1.82, 2.24) is 14.7 Å². The Morgan fingerprint density at radius 2 is 2.16 bits per heavy atom. The number of halogens is 1. The van der Waals surface area contributed by atoms with Gasteiger partial charge in [0.1, 0.15) is 5.82 Å². The quantitative estimate of drug-likeness (QED) is 0.871. The summed E-state index contributed by atoms with van der Waals surface area (Å²) in [6, 6.07) is 7.56. The molecule has 1 amide bonds. The molecular formula is C13H12FN3O2. The van der Waals surface area contributed by atoms with Crippen LogP contribution in [0.4, 0.5) is 4.39 Å². The first-order chi connectivity index (χ1) is 9.13. The number of aromatic nitrogens is 2. The third-order valence-electron chi connectivity index (χ3n) is 3.03. The molecule has 19 heavy (non-hydrogen) atoms. The van der Waals surface area contributed by atoms with Crippen molar-refractivity contribution in [3.63, 3.8) is 0 Å². The normalized spacial score (nSPS) is 15.4. The molecule has 1 aliphatic rings. The molecule has 1 aromatic carbocycles. The van der Waals surface area contributed by atoms with Crippen molar-refractivity contribution in [2.75, 3.05) is 13.1 Å². The van der Waals surface area contributed by atoms with E-state index in [-0.39, 0.29) is 17.4 Å². The molecule has 2 heterocycles. The van der Waals surface area contributed by atoms with Gasteiger partial charge in [-0.1, -0.05) is 6.07 Å². The average molecular weight is 261 g/mol. The highest BCUT2D eigenvalue weighted by molar-refractivity contribution is 5.92. The number of nitrogens with zero attached hydrogens (tertiary/aromatic N) is 3. The molecule has 0 unspecified atom stereocenters. The Morgan fingerprint density at radius 3 is 2.84 bits per heavy atom. The summed E-state index contributed by atoms with van der Waals surface area (Å²) in [5.74, 6) is -0.577. The van der Waals surface area contributed by atoms with Gasteiger partial charge in [0.15, 0.2) is 5.69 Å². The minimum atomic E-state index is -0.436. The lowest BCUT2D eigenvalue weighted by Crippen LogP contribution is -2.53. The van der Waals surface area contributed by atoms with E-state index < -0.39 is 6.10 Å². The van der Waals surface area contributed by atoms with Crippen LogP contribution in [0.2, 0.25) is 0 Å². The monoisotopic (exact) mass is 261 g/mol. The zero-order valence-corrected chi connectivity index (χ0v) is 10.0. The number of carbonyl (C=O) groups is 1. The molecule has 2 aromatic rings. The van der Waals surface area contributed by atoms with Gasteiger partial charge < -0.3 is 10.0 Å². The summed E-state index contributed by atoms with van der Waals surface area (Å²) in [6.07, 6.45) is 1.17. The van der Waals surface area contributed by atoms with Crippen LogP contribution in [0.5, 0.6) is 0 Å². The third-order valence-corrected chi connectivity index (χ3v) is 3.03.